The van der Waals surface area contributed by atoms with Gasteiger partial charge in [0.2, 0.25) is 0 Å². The lowest BCUT2D eigenvalue weighted by Crippen LogP contribution is -2.16. The van der Waals surface area contributed by atoms with Crippen LogP contribution < -0.4 is 0 Å². The minimum atomic E-state index is 0.0414. The van der Waals surface area contributed by atoms with Gasteiger partial charge in [0.1, 0.15) is 0 Å². The van der Waals surface area contributed by atoms with E-state index >= 15 is 0 Å². The van der Waals surface area contributed by atoms with Crippen LogP contribution in [-0.2, 0) is 6.42 Å². The first-order valence-electron chi connectivity index (χ1n) is 8.03. The lowest BCUT2D eigenvalue weighted by molar-refractivity contribution is 0.102. The predicted molar refractivity (Wildman–Crippen MR) is 94.5 cm³/mol. The van der Waals surface area contributed by atoms with Gasteiger partial charge in [-0.05, 0) is 24.5 Å². The number of aryl methyl sites for hydroxylation is 1. The van der Waals surface area contributed by atoms with E-state index in [1.54, 1.807) is 6.20 Å². The van der Waals surface area contributed by atoms with Crippen LogP contribution in [0.4, 0.5) is 0 Å². The molecule has 0 bridgehead atoms. The van der Waals surface area contributed by atoms with Gasteiger partial charge in [0.05, 0.1) is 11.3 Å². The summed E-state index contributed by atoms with van der Waals surface area (Å²) in [5.41, 5.74) is 4.32. The molecule has 0 saturated carbocycles. The third kappa shape index (κ3) is 2.76. The molecule has 0 atom stereocenters. The molecule has 1 heterocycles. The van der Waals surface area contributed by atoms with Crippen molar-refractivity contribution in [1.29, 1.82) is 0 Å². The molecule has 3 nitrogen and oxygen atoms in total. The summed E-state index contributed by atoms with van der Waals surface area (Å²) >= 11 is 0. The van der Waals surface area contributed by atoms with Crippen molar-refractivity contribution in [2.24, 2.45) is 0 Å². The molecule has 4 rings (SSSR count). The number of ketones is 1. The van der Waals surface area contributed by atoms with E-state index in [2.05, 4.69) is 9.97 Å². The Morgan fingerprint density at radius 1 is 0.875 bits per heavy atom. The van der Waals surface area contributed by atoms with E-state index in [0.717, 1.165) is 28.8 Å². The molecule has 0 N–H and O–H groups in total. The van der Waals surface area contributed by atoms with Crippen LogP contribution in [0.25, 0.3) is 17.5 Å². The number of rotatable bonds is 2. The van der Waals surface area contributed by atoms with E-state index < -0.39 is 0 Å². The van der Waals surface area contributed by atoms with Crippen LogP contribution in [-0.4, -0.2) is 15.8 Å². The zero-order chi connectivity index (χ0) is 16.4. The van der Waals surface area contributed by atoms with Gasteiger partial charge in [0, 0.05) is 17.3 Å². The number of aromatic nitrogens is 2. The zero-order valence-electron chi connectivity index (χ0n) is 13.1. The average Bonchev–Trinajstić information content (AvgIpc) is 2.65. The first-order valence-corrected chi connectivity index (χ1v) is 8.03. The van der Waals surface area contributed by atoms with Gasteiger partial charge >= 0.3 is 0 Å². The quantitative estimate of drug-likeness (QED) is 0.660. The van der Waals surface area contributed by atoms with Crippen molar-refractivity contribution in [1.82, 2.24) is 9.97 Å². The Labute approximate surface area is 140 Å². The van der Waals surface area contributed by atoms with E-state index in [1.807, 2.05) is 66.7 Å². The number of carbonyl (C=O) groups excluding carboxylic acids is 1. The van der Waals surface area contributed by atoms with Crippen molar-refractivity contribution in [3.63, 3.8) is 0 Å². The number of hydrogen-bond acceptors (Lipinski definition) is 3. The summed E-state index contributed by atoms with van der Waals surface area (Å²) in [7, 11) is 0. The van der Waals surface area contributed by atoms with Gasteiger partial charge in [-0.25, -0.2) is 9.97 Å². The fraction of sp³-hybridized carbons (Fsp3) is 0.0952. The molecule has 24 heavy (non-hydrogen) atoms. The van der Waals surface area contributed by atoms with Gasteiger partial charge in [0.15, 0.2) is 11.6 Å². The van der Waals surface area contributed by atoms with Gasteiger partial charge < -0.3 is 0 Å². The van der Waals surface area contributed by atoms with Crippen LogP contribution >= 0.6 is 0 Å². The Morgan fingerprint density at radius 2 is 1.58 bits per heavy atom. The van der Waals surface area contributed by atoms with Gasteiger partial charge in [0.25, 0.3) is 0 Å². The molecular weight excluding hydrogens is 296 g/mol. The molecule has 0 unspecified atom stereocenters. The van der Waals surface area contributed by atoms with E-state index in [9.17, 15) is 4.79 Å². The lowest BCUT2D eigenvalue weighted by atomic mass is 9.89. The van der Waals surface area contributed by atoms with Gasteiger partial charge in [-0.2, -0.15) is 0 Å². The van der Waals surface area contributed by atoms with Crippen LogP contribution in [0.5, 0.6) is 0 Å². The fourth-order valence-electron chi connectivity index (χ4n) is 2.95. The number of Topliss-reactive ketones (excluding diaryl/α,β-unsaturated/α-hetero) is 1. The molecule has 1 aliphatic rings. The summed E-state index contributed by atoms with van der Waals surface area (Å²) in [6.45, 7) is 0. The normalized spacial score (nSPS) is 15.3. The maximum atomic E-state index is 12.7. The highest BCUT2D eigenvalue weighted by Crippen LogP contribution is 2.26. The van der Waals surface area contributed by atoms with E-state index in [4.69, 9.17) is 0 Å². The molecule has 0 amide bonds. The standard InChI is InChI=1S/C21H16N2O/c24-20-17(13-15-7-3-1-4-8-15)11-12-19-18(20)14-22-21(23-19)16-9-5-2-6-10-16/h1-10,13-14H,11-12H2. The van der Waals surface area contributed by atoms with Gasteiger partial charge in [-0.15, -0.1) is 0 Å². The Hall–Kier alpha value is -3.07. The molecule has 0 fully saturated rings. The smallest absolute Gasteiger partial charge is 0.192 e. The summed E-state index contributed by atoms with van der Waals surface area (Å²) in [5, 5.41) is 0. The average molecular weight is 312 g/mol. The molecule has 116 valence electrons. The number of allylic oxidation sites excluding steroid dienone is 1. The highest BCUT2D eigenvalue weighted by molar-refractivity contribution is 6.12. The SMILES string of the molecule is O=C1C(=Cc2ccccc2)CCc2nc(-c3ccccc3)ncc21. The predicted octanol–water partition coefficient (Wildman–Crippen LogP) is 4.36. The maximum absolute atomic E-state index is 12.7. The summed E-state index contributed by atoms with van der Waals surface area (Å²) in [6, 6.07) is 19.8. The van der Waals surface area contributed by atoms with Crippen LogP contribution in [0.15, 0.2) is 72.4 Å². The summed E-state index contributed by atoms with van der Waals surface area (Å²) in [4.78, 5) is 21.7. The van der Waals surface area contributed by atoms with Crippen molar-refractivity contribution in [3.05, 3.63) is 89.3 Å². The number of hydrogen-bond donors (Lipinski definition) is 0. The molecule has 0 spiro atoms. The van der Waals surface area contributed by atoms with Crippen LogP contribution in [0.3, 0.4) is 0 Å². The van der Waals surface area contributed by atoms with Crippen molar-refractivity contribution in [2.45, 2.75) is 12.8 Å². The molecule has 1 aliphatic carbocycles. The number of nitrogens with zero attached hydrogens (tertiary/aromatic N) is 2. The maximum Gasteiger partial charge on any atom is 0.192 e. The largest absolute Gasteiger partial charge is 0.289 e. The second-order valence-corrected chi connectivity index (χ2v) is 5.83. The minimum Gasteiger partial charge on any atom is -0.289 e. The fourth-order valence-corrected chi connectivity index (χ4v) is 2.95. The Bertz CT molecular complexity index is 915. The second-order valence-electron chi connectivity index (χ2n) is 5.83. The first-order chi connectivity index (χ1) is 11.8. The van der Waals surface area contributed by atoms with Crippen molar-refractivity contribution in [3.8, 4) is 11.4 Å². The Kier molecular flexibility index (Phi) is 3.75. The van der Waals surface area contributed by atoms with Crippen molar-refractivity contribution < 1.29 is 4.79 Å². The number of fused-ring (bicyclic) bond motifs is 1. The van der Waals surface area contributed by atoms with E-state index in [0.29, 0.717) is 17.8 Å². The lowest BCUT2D eigenvalue weighted by Gasteiger charge is -2.17. The molecular formula is C21H16N2O. The Morgan fingerprint density at radius 3 is 2.33 bits per heavy atom. The van der Waals surface area contributed by atoms with E-state index in [1.165, 1.54) is 0 Å². The highest BCUT2D eigenvalue weighted by Gasteiger charge is 2.24. The summed E-state index contributed by atoms with van der Waals surface area (Å²) in [5.74, 6) is 0.720. The van der Waals surface area contributed by atoms with Crippen LogP contribution in [0.2, 0.25) is 0 Å². The number of carbonyl (C=O) groups is 1. The van der Waals surface area contributed by atoms with Crippen molar-refractivity contribution in [2.75, 3.05) is 0 Å². The third-order valence-electron chi connectivity index (χ3n) is 4.21. The Balaban J connectivity index is 1.68. The van der Waals surface area contributed by atoms with E-state index in [-0.39, 0.29) is 5.78 Å². The molecule has 0 saturated heterocycles. The topological polar surface area (TPSA) is 42.9 Å². The molecule has 3 aromatic rings. The number of benzene rings is 2. The first kappa shape index (κ1) is 14.5. The zero-order valence-corrected chi connectivity index (χ0v) is 13.1. The van der Waals surface area contributed by atoms with Crippen molar-refractivity contribution >= 4 is 11.9 Å². The van der Waals surface area contributed by atoms with Gasteiger partial charge in [-0.3, -0.25) is 4.79 Å². The monoisotopic (exact) mass is 312 g/mol. The molecule has 1 aromatic heterocycles. The van der Waals surface area contributed by atoms with Gasteiger partial charge in [-0.1, -0.05) is 60.7 Å². The summed E-state index contributed by atoms with van der Waals surface area (Å²) < 4.78 is 0. The highest BCUT2D eigenvalue weighted by atomic mass is 16.1. The van der Waals surface area contributed by atoms with Crippen LogP contribution in [0, 0.1) is 0 Å². The molecule has 2 aromatic carbocycles. The minimum absolute atomic E-state index is 0.0414. The summed E-state index contributed by atoms with van der Waals surface area (Å²) in [6.07, 6.45) is 5.12. The second kappa shape index (κ2) is 6.20. The molecule has 0 radical (unpaired) electrons. The third-order valence-corrected chi connectivity index (χ3v) is 4.21. The molecule has 3 heteroatoms. The van der Waals surface area contributed by atoms with Crippen LogP contribution in [0.1, 0.15) is 28.0 Å². The molecule has 0 aliphatic heterocycles.